The summed E-state index contributed by atoms with van der Waals surface area (Å²) in [4.78, 5) is 32.2. The Bertz CT molecular complexity index is 594. The predicted molar refractivity (Wildman–Crippen MR) is 82.1 cm³/mol. The van der Waals surface area contributed by atoms with E-state index in [2.05, 4.69) is 4.98 Å². The van der Waals surface area contributed by atoms with Crippen LogP contribution in [0.5, 0.6) is 0 Å². The summed E-state index contributed by atoms with van der Waals surface area (Å²) in [7, 11) is 0. The fourth-order valence-electron chi connectivity index (χ4n) is 3.22. The smallest absolute Gasteiger partial charge is 0.255 e. The minimum atomic E-state index is 0.0486. The summed E-state index contributed by atoms with van der Waals surface area (Å²) in [6.07, 6.45) is 5.86. The molecule has 0 radical (unpaired) electrons. The van der Waals surface area contributed by atoms with Gasteiger partial charge < -0.3 is 15.5 Å². The minimum Gasteiger partial charge on any atom is -0.338 e. The maximum absolute atomic E-state index is 12.8. The van der Waals surface area contributed by atoms with Crippen molar-refractivity contribution in [2.24, 2.45) is 5.73 Å². The number of pyridine rings is 1. The first-order valence-electron chi connectivity index (χ1n) is 7.82. The molecule has 2 aliphatic heterocycles. The van der Waals surface area contributed by atoms with Crippen LogP contribution < -0.4 is 5.73 Å². The Labute approximate surface area is 130 Å². The van der Waals surface area contributed by atoms with Crippen LogP contribution in [0.1, 0.15) is 41.3 Å². The van der Waals surface area contributed by atoms with Crippen LogP contribution >= 0.6 is 0 Å². The lowest BCUT2D eigenvalue weighted by Crippen LogP contribution is -2.43. The van der Waals surface area contributed by atoms with Gasteiger partial charge in [-0.05, 0) is 30.4 Å². The van der Waals surface area contributed by atoms with E-state index in [1.54, 1.807) is 24.2 Å². The molecule has 118 valence electrons. The van der Waals surface area contributed by atoms with Crippen LogP contribution in [0.4, 0.5) is 0 Å². The Balaban J connectivity index is 1.82. The number of rotatable bonds is 1. The van der Waals surface area contributed by atoms with Crippen molar-refractivity contribution in [3.8, 4) is 0 Å². The van der Waals surface area contributed by atoms with E-state index in [9.17, 15) is 9.59 Å². The van der Waals surface area contributed by atoms with Gasteiger partial charge in [0.05, 0.1) is 5.56 Å². The Hall–Kier alpha value is -1.95. The fraction of sp³-hybridized carbons (Fsp3) is 0.562. The van der Waals surface area contributed by atoms with Crippen molar-refractivity contribution in [1.82, 2.24) is 14.8 Å². The lowest BCUT2D eigenvalue weighted by molar-refractivity contribution is -0.129. The van der Waals surface area contributed by atoms with Crippen LogP contribution in [-0.2, 0) is 17.8 Å². The van der Waals surface area contributed by atoms with E-state index in [4.69, 9.17) is 5.73 Å². The van der Waals surface area contributed by atoms with Crippen LogP contribution in [0.2, 0.25) is 0 Å². The summed E-state index contributed by atoms with van der Waals surface area (Å²) in [6, 6.07) is 0.205. The number of carbonyl (C=O) groups excluding carboxylic acids is 2. The van der Waals surface area contributed by atoms with Crippen molar-refractivity contribution < 1.29 is 9.59 Å². The quantitative estimate of drug-likeness (QED) is 0.821. The van der Waals surface area contributed by atoms with Gasteiger partial charge in [-0.25, -0.2) is 0 Å². The third-order valence-corrected chi connectivity index (χ3v) is 4.64. The molecule has 0 unspecified atom stereocenters. The molecule has 3 rings (SSSR count). The first kappa shape index (κ1) is 15.0. The van der Waals surface area contributed by atoms with Crippen molar-refractivity contribution in [1.29, 1.82) is 0 Å². The summed E-state index contributed by atoms with van der Waals surface area (Å²) >= 11 is 0. The summed E-state index contributed by atoms with van der Waals surface area (Å²) < 4.78 is 0. The molecule has 2 amide bonds. The number of carbonyl (C=O) groups is 2. The fourth-order valence-corrected chi connectivity index (χ4v) is 3.22. The van der Waals surface area contributed by atoms with E-state index >= 15 is 0 Å². The largest absolute Gasteiger partial charge is 0.338 e. The monoisotopic (exact) mass is 302 g/mol. The zero-order valence-corrected chi connectivity index (χ0v) is 12.9. The second kappa shape index (κ2) is 6.04. The Kier molecular flexibility index (Phi) is 4.11. The molecule has 2 N–H and O–H groups in total. The average molecular weight is 302 g/mol. The van der Waals surface area contributed by atoms with E-state index in [0.29, 0.717) is 38.2 Å². The van der Waals surface area contributed by atoms with Gasteiger partial charge in [0.15, 0.2) is 0 Å². The Morgan fingerprint density at radius 1 is 1.18 bits per heavy atom. The molecule has 6 nitrogen and oxygen atoms in total. The number of amides is 2. The van der Waals surface area contributed by atoms with Crippen LogP contribution in [-0.4, -0.2) is 52.3 Å². The van der Waals surface area contributed by atoms with Crippen molar-refractivity contribution in [2.75, 3.05) is 19.6 Å². The molecule has 0 spiro atoms. The second-order valence-electron chi connectivity index (χ2n) is 6.14. The first-order valence-corrected chi connectivity index (χ1v) is 7.82. The molecular weight excluding hydrogens is 280 g/mol. The van der Waals surface area contributed by atoms with Gasteiger partial charge in [-0.1, -0.05) is 0 Å². The van der Waals surface area contributed by atoms with Crippen LogP contribution in [0.25, 0.3) is 0 Å². The maximum atomic E-state index is 12.8. The standard InChI is InChI=1S/C16H22N4O2/c1-11(21)20-7-4-14-12(10-20)8-18-9-15(14)16(22)19-5-2-13(17)3-6-19/h8-9,13H,2-7,10,17H2,1H3. The lowest BCUT2D eigenvalue weighted by atomic mass is 9.95. The van der Waals surface area contributed by atoms with Gasteiger partial charge in [0.1, 0.15) is 0 Å². The number of nitrogens with two attached hydrogens (primary N) is 1. The van der Waals surface area contributed by atoms with Crippen molar-refractivity contribution in [2.45, 2.75) is 38.8 Å². The van der Waals surface area contributed by atoms with Crippen LogP contribution in [0.3, 0.4) is 0 Å². The number of hydrogen-bond donors (Lipinski definition) is 1. The molecule has 0 aliphatic carbocycles. The number of nitrogens with zero attached hydrogens (tertiary/aromatic N) is 3. The molecule has 6 heteroatoms. The number of fused-ring (bicyclic) bond motifs is 1. The summed E-state index contributed by atoms with van der Waals surface area (Å²) in [5.74, 6) is 0.111. The molecule has 2 aliphatic rings. The summed E-state index contributed by atoms with van der Waals surface area (Å²) in [6.45, 7) is 4.21. The van der Waals surface area contributed by atoms with Crippen LogP contribution in [0, 0.1) is 0 Å². The zero-order chi connectivity index (χ0) is 15.7. The molecule has 0 atom stereocenters. The van der Waals surface area contributed by atoms with Crippen molar-refractivity contribution >= 4 is 11.8 Å². The average Bonchev–Trinajstić information content (AvgIpc) is 2.53. The molecule has 0 bridgehead atoms. The van der Waals surface area contributed by atoms with Crippen molar-refractivity contribution in [3.63, 3.8) is 0 Å². The second-order valence-corrected chi connectivity index (χ2v) is 6.14. The van der Waals surface area contributed by atoms with E-state index in [1.165, 1.54) is 0 Å². The SMILES string of the molecule is CC(=O)N1CCc2c(cncc2C(=O)N2CCC(N)CC2)C1. The van der Waals surface area contributed by atoms with Gasteiger partial charge in [-0.15, -0.1) is 0 Å². The Morgan fingerprint density at radius 3 is 2.59 bits per heavy atom. The third-order valence-electron chi connectivity index (χ3n) is 4.64. The van der Waals surface area contributed by atoms with E-state index in [1.807, 2.05) is 4.90 Å². The van der Waals surface area contributed by atoms with Gasteiger partial charge in [-0.3, -0.25) is 14.6 Å². The van der Waals surface area contributed by atoms with Gasteiger partial charge in [0, 0.05) is 51.5 Å². The lowest BCUT2D eigenvalue weighted by Gasteiger charge is -2.32. The molecule has 1 aromatic heterocycles. The third kappa shape index (κ3) is 2.83. The highest BCUT2D eigenvalue weighted by Crippen LogP contribution is 2.23. The molecule has 0 aromatic carbocycles. The van der Waals surface area contributed by atoms with Gasteiger partial charge >= 0.3 is 0 Å². The highest BCUT2D eigenvalue weighted by molar-refractivity contribution is 5.96. The normalized spacial score (nSPS) is 19.0. The maximum Gasteiger partial charge on any atom is 0.255 e. The zero-order valence-electron chi connectivity index (χ0n) is 12.9. The molecule has 1 fully saturated rings. The van der Waals surface area contributed by atoms with Crippen LogP contribution in [0.15, 0.2) is 12.4 Å². The van der Waals surface area contributed by atoms with E-state index in [0.717, 1.165) is 24.0 Å². The van der Waals surface area contributed by atoms with Crippen molar-refractivity contribution in [3.05, 3.63) is 29.1 Å². The Morgan fingerprint density at radius 2 is 1.91 bits per heavy atom. The minimum absolute atomic E-state index is 0.0486. The summed E-state index contributed by atoms with van der Waals surface area (Å²) in [5, 5.41) is 0. The molecule has 1 aromatic rings. The molecule has 22 heavy (non-hydrogen) atoms. The first-order chi connectivity index (χ1) is 10.6. The number of likely N-dealkylation sites (tertiary alicyclic amines) is 1. The summed E-state index contributed by atoms with van der Waals surface area (Å²) in [5.41, 5.74) is 8.63. The molecule has 1 saturated heterocycles. The van der Waals surface area contributed by atoms with Gasteiger partial charge in [0.25, 0.3) is 5.91 Å². The highest BCUT2D eigenvalue weighted by atomic mass is 16.2. The molecule has 3 heterocycles. The highest BCUT2D eigenvalue weighted by Gasteiger charge is 2.27. The molecule has 0 saturated carbocycles. The van der Waals surface area contributed by atoms with E-state index in [-0.39, 0.29) is 17.9 Å². The van der Waals surface area contributed by atoms with E-state index < -0.39 is 0 Å². The molecular formula is C16H22N4O2. The number of piperidine rings is 1. The topological polar surface area (TPSA) is 79.5 Å². The van der Waals surface area contributed by atoms with Gasteiger partial charge in [0.2, 0.25) is 5.91 Å². The predicted octanol–water partition coefficient (Wildman–Crippen LogP) is 0.549. The number of hydrogen-bond acceptors (Lipinski definition) is 4. The van der Waals surface area contributed by atoms with Gasteiger partial charge in [-0.2, -0.15) is 0 Å². The number of aromatic nitrogens is 1.